The Morgan fingerprint density at radius 2 is 0.333 bits per heavy atom. The molecule has 93 heavy (non-hydrogen) atoms. The highest BCUT2D eigenvalue weighted by Crippen LogP contribution is 2.28. The van der Waals surface area contributed by atoms with Crippen LogP contribution < -0.4 is 0 Å². The van der Waals surface area contributed by atoms with Gasteiger partial charge in [-0.3, -0.25) is 14.4 Å². The molecular formula is C63H129N3O21Si6. The SMILES string of the molecule is CCO[Si](CCCN(CCC[Si](OCC)(OCC)OCC)C(=O)c1cc(C(=O)N(CCC[Si](OCC)(OCC)OCC)CCC[Si](OCC)(OCC)OCC)cc(C(=O)N(CCC[Si](OCC)(OCC)OCC)CCC[Si](OCC)(OCC)OCC)c1)(OCC)OCC. The Balaban J connectivity index is 4.62. The summed E-state index contributed by atoms with van der Waals surface area (Å²) in [5.41, 5.74) is 0.477. The second-order valence-corrected chi connectivity index (χ2v) is 37.6. The van der Waals surface area contributed by atoms with Crippen LogP contribution in [0.25, 0.3) is 0 Å². The van der Waals surface area contributed by atoms with Crippen molar-refractivity contribution in [1.82, 2.24) is 14.7 Å². The lowest BCUT2D eigenvalue weighted by Gasteiger charge is -2.32. The van der Waals surface area contributed by atoms with Crippen LogP contribution in [-0.2, 0) is 79.7 Å². The summed E-state index contributed by atoms with van der Waals surface area (Å²) in [5, 5.41) is 0. The van der Waals surface area contributed by atoms with Crippen LogP contribution in [0.3, 0.4) is 0 Å². The molecule has 0 spiro atoms. The molecule has 1 rings (SSSR count). The molecule has 1 aromatic carbocycles. The molecule has 1 aromatic rings. The number of amides is 3. The molecule has 30 heteroatoms. The quantitative estimate of drug-likeness (QED) is 0.0552. The van der Waals surface area contributed by atoms with Crippen molar-refractivity contribution in [3.05, 3.63) is 34.9 Å². The van der Waals surface area contributed by atoms with E-state index in [2.05, 4.69) is 0 Å². The lowest BCUT2D eigenvalue weighted by atomic mass is 10.0. The minimum absolute atomic E-state index is 0.159. The summed E-state index contributed by atoms with van der Waals surface area (Å²) in [6, 6.07) is 7.51. The fourth-order valence-electron chi connectivity index (χ4n) is 11.4. The van der Waals surface area contributed by atoms with Gasteiger partial charge in [0.25, 0.3) is 17.7 Å². The molecule has 0 bridgehead atoms. The first-order valence-electron chi connectivity index (χ1n) is 35.4. The second-order valence-electron chi connectivity index (χ2n) is 21.2. The van der Waals surface area contributed by atoms with E-state index in [9.17, 15) is 0 Å². The largest absolute Gasteiger partial charge is 0.500 e. The second kappa shape index (κ2) is 51.4. The molecule has 0 unspecified atom stereocenters. The molecule has 0 aliphatic carbocycles. The van der Waals surface area contributed by atoms with E-state index in [-0.39, 0.29) is 73.7 Å². The van der Waals surface area contributed by atoms with Crippen LogP contribution >= 0.6 is 0 Å². The molecule has 0 aliphatic rings. The molecule has 0 fully saturated rings. The van der Waals surface area contributed by atoms with Gasteiger partial charge in [-0.1, -0.05) is 0 Å². The van der Waals surface area contributed by atoms with E-state index < -0.39 is 52.8 Å². The summed E-state index contributed by atoms with van der Waals surface area (Å²) in [5.74, 6) is -1.14. The number of carbonyl (C=O) groups excluding carboxylic acids is 3. The molecular weight excluding hydrogens is 1300 g/mol. The predicted octanol–water partition coefficient (Wildman–Crippen LogP) is 11.6. The average molecular weight is 1430 g/mol. The van der Waals surface area contributed by atoms with Crippen molar-refractivity contribution in [3.63, 3.8) is 0 Å². The lowest BCUT2D eigenvalue weighted by molar-refractivity contribution is 0.0636. The van der Waals surface area contributed by atoms with Gasteiger partial charge in [-0.15, -0.1) is 0 Å². The third-order valence-electron chi connectivity index (χ3n) is 14.6. The van der Waals surface area contributed by atoms with E-state index in [0.717, 1.165) is 0 Å². The maximum atomic E-state index is 15.9. The highest BCUT2D eigenvalue weighted by Gasteiger charge is 2.46. The minimum atomic E-state index is -3.17. The summed E-state index contributed by atoms with van der Waals surface area (Å²) in [4.78, 5) is 53.1. The molecule has 0 aliphatic heterocycles. The number of nitrogens with zero attached hydrogens (tertiary/aromatic N) is 3. The normalized spacial score (nSPS) is 12.7. The van der Waals surface area contributed by atoms with Gasteiger partial charge >= 0.3 is 52.8 Å². The van der Waals surface area contributed by atoms with Gasteiger partial charge in [-0.05, 0) is 181 Å². The Hall–Kier alpha value is -1.79. The van der Waals surface area contributed by atoms with Crippen molar-refractivity contribution in [2.24, 2.45) is 0 Å². The van der Waals surface area contributed by atoms with Crippen LogP contribution in [0.15, 0.2) is 18.2 Å². The fraction of sp³-hybridized carbons (Fsp3) is 0.857. The summed E-state index contributed by atoms with van der Waals surface area (Å²) in [7, 11) is -19.0. The molecule has 0 N–H and O–H groups in total. The van der Waals surface area contributed by atoms with Crippen molar-refractivity contribution in [3.8, 4) is 0 Å². The fourth-order valence-corrected chi connectivity index (χ4v) is 27.0. The molecule has 0 saturated heterocycles. The number of hydrogen-bond donors (Lipinski definition) is 0. The van der Waals surface area contributed by atoms with E-state index in [0.29, 0.717) is 194 Å². The zero-order chi connectivity index (χ0) is 69.5. The van der Waals surface area contributed by atoms with E-state index in [1.165, 1.54) is 0 Å². The van der Waals surface area contributed by atoms with Crippen LogP contribution in [0.5, 0.6) is 0 Å². The molecule has 546 valence electrons. The molecule has 0 saturated carbocycles. The number of carbonyl (C=O) groups is 3. The summed E-state index contributed by atoms with van der Waals surface area (Å²) >= 11 is 0. The zero-order valence-corrected chi connectivity index (χ0v) is 67.1. The van der Waals surface area contributed by atoms with Gasteiger partial charge in [-0.25, -0.2) is 0 Å². The summed E-state index contributed by atoms with van der Waals surface area (Å²) < 4.78 is 113. The molecule has 0 radical (unpaired) electrons. The van der Waals surface area contributed by atoms with Gasteiger partial charge < -0.3 is 94.4 Å². The number of benzene rings is 1. The van der Waals surface area contributed by atoms with Crippen LogP contribution in [-0.4, -0.2) is 243 Å². The van der Waals surface area contributed by atoms with E-state index in [4.69, 9.17) is 79.7 Å². The molecule has 24 nitrogen and oxygen atoms in total. The number of rotatable bonds is 63. The number of hydrogen-bond acceptors (Lipinski definition) is 21. The third-order valence-corrected chi connectivity index (χ3v) is 33.5. The van der Waals surface area contributed by atoms with Crippen molar-refractivity contribution < 1.29 is 94.1 Å². The Kier molecular flexibility index (Phi) is 49.3. The van der Waals surface area contributed by atoms with Gasteiger partial charge in [0, 0.05) is 211 Å². The van der Waals surface area contributed by atoms with Crippen molar-refractivity contribution in [1.29, 1.82) is 0 Å². The highest BCUT2D eigenvalue weighted by molar-refractivity contribution is 6.62. The average Bonchev–Trinajstić information content (AvgIpc) is 0.987. The van der Waals surface area contributed by atoms with Gasteiger partial charge in [0.15, 0.2) is 0 Å². The van der Waals surface area contributed by atoms with Crippen LogP contribution in [0.4, 0.5) is 0 Å². The smallest absolute Gasteiger partial charge is 0.374 e. The third kappa shape index (κ3) is 32.0. The summed E-state index contributed by atoms with van der Waals surface area (Å²) in [6.07, 6.45) is 2.79. The van der Waals surface area contributed by atoms with Gasteiger partial charge in [0.1, 0.15) is 0 Å². The van der Waals surface area contributed by atoms with Crippen LogP contribution in [0.1, 0.15) is 194 Å². The van der Waals surface area contributed by atoms with Gasteiger partial charge in [0.2, 0.25) is 0 Å². The lowest BCUT2D eigenvalue weighted by Crippen LogP contribution is -2.47. The van der Waals surface area contributed by atoms with Crippen LogP contribution in [0.2, 0.25) is 36.3 Å². The molecule has 0 heterocycles. The van der Waals surface area contributed by atoms with E-state index >= 15 is 14.4 Å². The maximum Gasteiger partial charge on any atom is 0.500 e. The van der Waals surface area contributed by atoms with Crippen molar-refractivity contribution in [2.75, 3.05) is 158 Å². The van der Waals surface area contributed by atoms with Gasteiger partial charge in [0.05, 0.1) is 0 Å². The standard InChI is InChI=1S/C63H129N3O21Si6/c1-19-70-88(71-20-2,72-21-3)49-37-43-64(44-38-50-89(73-22-4,74-23-5)75-24-6)61(67)58-55-59(62(68)65(45-39-51-90(76-25-7,77-26-8)78-27-9)46-40-52-91(79-28-10,80-29-11)81-30-12)57-60(56-58)63(69)66(47-41-53-92(82-31-13,83-32-14)84-33-15)48-42-54-93(85-34-16,86-35-17)87-36-18/h55-57H,19-54H2,1-18H3. The van der Waals surface area contributed by atoms with E-state index in [1.54, 1.807) is 32.9 Å². The predicted molar refractivity (Wildman–Crippen MR) is 374 cm³/mol. The Morgan fingerprint density at radius 3 is 0.430 bits per heavy atom. The Labute approximate surface area is 569 Å². The maximum absolute atomic E-state index is 15.9. The molecule has 0 atom stereocenters. The zero-order valence-electron chi connectivity index (χ0n) is 61.1. The first-order chi connectivity index (χ1) is 44.8. The minimum Gasteiger partial charge on any atom is -0.374 e. The molecule has 3 amide bonds. The van der Waals surface area contributed by atoms with E-state index in [1.807, 2.05) is 125 Å². The van der Waals surface area contributed by atoms with Gasteiger partial charge in [-0.2, -0.15) is 0 Å². The Bertz CT molecular complexity index is 1670. The van der Waals surface area contributed by atoms with Crippen molar-refractivity contribution in [2.45, 2.75) is 199 Å². The highest BCUT2D eigenvalue weighted by atomic mass is 28.4. The van der Waals surface area contributed by atoms with Crippen LogP contribution in [0, 0.1) is 0 Å². The Morgan fingerprint density at radius 1 is 0.226 bits per heavy atom. The topological polar surface area (TPSA) is 227 Å². The molecule has 0 aromatic heterocycles. The first-order valence-corrected chi connectivity index (χ1v) is 47.0. The van der Waals surface area contributed by atoms with Crippen molar-refractivity contribution >= 4 is 70.5 Å². The monoisotopic (exact) mass is 1430 g/mol. The first kappa shape index (κ1) is 89.2. The summed E-state index contributed by atoms with van der Waals surface area (Å²) in [6.45, 7) is 43.2.